The van der Waals surface area contributed by atoms with Crippen molar-refractivity contribution in [2.75, 3.05) is 0 Å². The van der Waals surface area contributed by atoms with Gasteiger partial charge in [0.2, 0.25) is 10.0 Å². The second-order valence-electron chi connectivity index (χ2n) is 4.91. The zero-order valence-corrected chi connectivity index (χ0v) is 11.6. The predicted molar refractivity (Wildman–Crippen MR) is 72.0 cm³/mol. The van der Waals surface area contributed by atoms with Gasteiger partial charge in [-0.1, -0.05) is 12.8 Å². The van der Waals surface area contributed by atoms with Crippen molar-refractivity contribution in [1.82, 2.24) is 4.72 Å². The molecule has 0 amide bonds. The summed E-state index contributed by atoms with van der Waals surface area (Å²) in [7, 11) is -3.74. The number of hydrogen-bond donors (Lipinski definition) is 3. The summed E-state index contributed by atoms with van der Waals surface area (Å²) in [6.07, 6.45) is 2.30. The molecule has 0 radical (unpaired) electrons. The number of aliphatic hydroxyl groups excluding tert-OH is 1. The largest absolute Gasteiger partial charge is 0.478 e. The standard InChI is InChI=1S/C13H17NO5S/c15-12-4-2-1-3-11(12)14-20(18,19)10-7-5-9(6-8-10)13(16)17/h5-8,11-12,14-15H,1-4H2,(H,16,17). The summed E-state index contributed by atoms with van der Waals surface area (Å²) in [5.74, 6) is -1.11. The van der Waals surface area contributed by atoms with E-state index in [-0.39, 0.29) is 10.5 Å². The van der Waals surface area contributed by atoms with Crippen LogP contribution < -0.4 is 4.72 Å². The van der Waals surface area contributed by atoms with Crippen LogP contribution in [-0.4, -0.2) is 36.7 Å². The minimum absolute atomic E-state index is 0.000253. The first-order chi connectivity index (χ1) is 9.40. The minimum Gasteiger partial charge on any atom is -0.478 e. The number of nitrogens with one attached hydrogen (secondary N) is 1. The van der Waals surface area contributed by atoms with E-state index in [0.29, 0.717) is 12.8 Å². The second kappa shape index (κ2) is 5.90. The molecule has 1 aliphatic carbocycles. The summed E-state index contributed by atoms with van der Waals surface area (Å²) in [6, 6.07) is 4.51. The Labute approximate surface area is 117 Å². The van der Waals surface area contributed by atoms with Gasteiger partial charge in [0.15, 0.2) is 0 Å². The molecule has 0 bridgehead atoms. The molecule has 0 heterocycles. The summed E-state index contributed by atoms with van der Waals surface area (Å²) in [5.41, 5.74) is 0.0293. The summed E-state index contributed by atoms with van der Waals surface area (Å²) in [4.78, 5) is 10.7. The van der Waals surface area contributed by atoms with Crippen molar-refractivity contribution < 1.29 is 23.4 Å². The minimum atomic E-state index is -3.74. The Bertz CT molecular complexity index is 581. The van der Waals surface area contributed by atoms with Crippen LogP contribution in [0.1, 0.15) is 36.0 Å². The Hall–Kier alpha value is -1.44. The van der Waals surface area contributed by atoms with Crippen LogP contribution in [0.25, 0.3) is 0 Å². The molecule has 0 saturated heterocycles. The summed E-state index contributed by atoms with van der Waals surface area (Å²) >= 11 is 0. The van der Waals surface area contributed by atoms with Crippen molar-refractivity contribution in [2.24, 2.45) is 0 Å². The summed E-state index contributed by atoms with van der Waals surface area (Å²) in [6.45, 7) is 0. The van der Waals surface area contributed by atoms with E-state index in [2.05, 4.69) is 4.72 Å². The number of hydrogen-bond acceptors (Lipinski definition) is 4. The zero-order valence-electron chi connectivity index (χ0n) is 10.8. The molecule has 110 valence electrons. The molecule has 0 aromatic heterocycles. The van der Waals surface area contributed by atoms with Crippen LogP contribution in [0.5, 0.6) is 0 Å². The third-order valence-corrected chi connectivity index (χ3v) is 4.95. The number of benzene rings is 1. The number of rotatable bonds is 4. The number of sulfonamides is 1. The molecule has 0 aliphatic heterocycles. The SMILES string of the molecule is O=C(O)c1ccc(S(=O)(=O)NC2CCCCC2O)cc1. The van der Waals surface area contributed by atoms with Gasteiger partial charge in [-0.25, -0.2) is 17.9 Å². The number of aliphatic hydroxyl groups is 1. The van der Waals surface area contributed by atoms with E-state index in [4.69, 9.17) is 5.11 Å². The van der Waals surface area contributed by atoms with Crippen LogP contribution in [0.3, 0.4) is 0 Å². The Morgan fingerprint density at radius 3 is 2.30 bits per heavy atom. The monoisotopic (exact) mass is 299 g/mol. The van der Waals surface area contributed by atoms with Crippen LogP contribution in [0.2, 0.25) is 0 Å². The first kappa shape index (κ1) is 15.0. The number of aromatic carboxylic acids is 1. The Kier molecular flexibility index (Phi) is 4.42. The molecule has 2 atom stereocenters. The van der Waals surface area contributed by atoms with E-state index in [1.165, 1.54) is 24.3 Å². The topological polar surface area (TPSA) is 104 Å². The Morgan fingerprint density at radius 1 is 1.15 bits per heavy atom. The lowest BCUT2D eigenvalue weighted by atomic mass is 9.93. The van der Waals surface area contributed by atoms with Gasteiger partial charge in [0.25, 0.3) is 0 Å². The van der Waals surface area contributed by atoms with Crippen LogP contribution in [0.15, 0.2) is 29.2 Å². The highest BCUT2D eigenvalue weighted by atomic mass is 32.2. The zero-order chi connectivity index (χ0) is 14.8. The number of carbonyl (C=O) groups is 1. The van der Waals surface area contributed by atoms with Crippen molar-refractivity contribution >= 4 is 16.0 Å². The van der Waals surface area contributed by atoms with Crippen LogP contribution in [0, 0.1) is 0 Å². The van der Waals surface area contributed by atoms with Crippen LogP contribution in [0.4, 0.5) is 0 Å². The van der Waals surface area contributed by atoms with E-state index in [9.17, 15) is 18.3 Å². The summed E-state index contributed by atoms with van der Waals surface area (Å²) in [5, 5.41) is 18.6. The summed E-state index contributed by atoms with van der Waals surface area (Å²) < 4.78 is 26.8. The molecular weight excluding hydrogens is 282 g/mol. The molecule has 1 aromatic rings. The molecular formula is C13H17NO5S. The van der Waals surface area contributed by atoms with Crippen molar-refractivity contribution in [3.63, 3.8) is 0 Å². The molecule has 7 heteroatoms. The maximum atomic E-state index is 12.2. The molecule has 1 fully saturated rings. The quantitative estimate of drug-likeness (QED) is 0.768. The fourth-order valence-corrected chi connectivity index (χ4v) is 3.60. The van der Waals surface area contributed by atoms with Gasteiger partial charge in [-0.3, -0.25) is 0 Å². The van der Waals surface area contributed by atoms with Crippen molar-refractivity contribution in [1.29, 1.82) is 0 Å². The van der Waals surface area contributed by atoms with Crippen LogP contribution in [-0.2, 0) is 10.0 Å². The molecule has 1 aromatic carbocycles. The molecule has 6 nitrogen and oxygen atoms in total. The fourth-order valence-electron chi connectivity index (χ4n) is 2.29. The highest BCUT2D eigenvalue weighted by molar-refractivity contribution is 7.89. The first-order valence-corrected chi connectivity index (χ1v) is 7.92. The molecule has 1 saturated carbocycles. The average Bonchev–Trinajstić information content (AvgIpc) is 2.41. The van der Waals surface area contributed by atoms with E-state index in [1.54, 1.807) is 0 Å². The normalized spacial score (nSPS) is 23.4. The lowest BCUT2D eigenvalue weighted by Crippen LogP contribution is -2.44. The lowest BCUT2D eigenvalue weighted by Gasteiger charge is -2.28. The molecule has 20 heavy (non-hydrogen) atoms. The van der Waals surface area contributed by atoms with E-state index in [0.717, 1.165) is 12.8 Å². The lowest BCUT2D eigenvalue weighted by molar-refractivity contribution is 0.0696. The van der Waals surface area contributed by atoms with Crippen molar-refractivity contribution in [3.05, 3.63) is 29.8 Å². The van der Waals surface area contributed by atoms with Gasteiger partial charge in [0.1, 0.15) is 0 Å². The number of carboxylic acids is 1. The first-order valence-electron chi connectivity index (χ1n) is 6.44. The molecule has 0 spiro atoms. The smallest absolute Gasteiger partial charge is 0.335 e. The number of carboxylic acid groups (broad SMARTS) is 1. The highest BCUT2D eigenvalue weighted by Crippen LogP contribution is 2.20. The van der Waals surface area contributed by atoms with Gasteiger partial charge >= 0.3 is 5.97 Å². The molecule has 2 unspecified atom stereocenters. The third-order valence-electron chi connectivity index (χ3n) is 3.45. The fraction of sp³-hybridized carbons (Fsp3) is 0.462. The van der Waals surface area contributed by atoms with E-state index in [1.807, 2.05) is 0 Å². The molecule has 3 N–H and O–H groups in total. The Balaban J connectivity index is 2.15. The maximum Gasteiger partial charge on any atom is 0.335 e. The predicted octanol–water partition coefficient (Wildman–Crippen LogP) is 0.967. The van der Waals surface area contributed by atoms with Crippen LogP contribution >= 0.6 is 0 Å². The van der Waals surface area contributed by atoms with Gasteiger partial charge < -0.3 is 10.2 Å². The van der Waals surface area contributed by atoms with Gasteiger partial charge in [0.05, 0.1) is 16.6 Å². The van der Waals surface area contributed by atoms with Gasteiger partial charge in [-0.2, -0.15) is 0 Å². The Morgan fingerprint density at radius 2 is 1.75 bits per heavy atom. The van der Waals surface area contributed by atoms with Gasteiger partial charge in [-0.05, 0) is 37.1 Å². The highest BCUT2D eigenvalue weighted by Gasteiger charge is 2.28. The maximum absolute atomic E-state index is 12.2. The van der Waals surface area contributed by atoms with Crippen molar-refractivity contribution in [3.8, 4) is 0 Å². The second-order valence-corrected chi connectivity index (χ2v) is 6.62. The van der Waals surface area contributed by atoms with Gasteiger partial charge in [0, 0.05) is 6.04 Å². The van der Waals surface area contributed by atoms with E-state index < -0.39 is 28.1 Å². The van der Waals surface area contributed by atoms with Crippen molar-refractivity contribution in [2.45, 2.75) is 42.7 Å². The van der Waals surface area contributed by atoms with Gasteiger partial charge in [-0.15, -0.1) is 0 Å². The van der Waals surface area contributed by atoms with E-state index >= 15 is 0 Å². The third kappa shape index (κ3) is 3.36. The molecule has 2 rings (SSSR count). The molecule has 1 aliphatic rings. The average molecular weight is 299 g/mol.